The number of nitrogens with zero attached hydrogens (tertiary/aromatic N) is 5. The maximum atomic E-state index is 13.2. The molecule has 4 aromatic rings. The summed E-state index contributed by atoms with van der Waals surface area (Å²) in [6, 6.07) is 13.7. The van der Waals surface area contributed by atoms with Gasteiger partial charge in [0.25, 0.3) is 5.91 Å². The lowest BCUT2D eigenvalue weighted by molar-refractivity contribution is 0.0736. The number of benzene rings is 1. The maximum Gasteiger partial charge on any atom is 0.258 e. The molecule has 3 aromatic heterocycles. The van der Waals surface area contributed by atoms with Crippen LogP contribution in [0.5, 0.6) is 5.75 Å². The first-order valence-electron chi connectivity index (χ1n) is 9.17. The number of ether oxygens (including phenoxy) is 1. The molecular weight excluding hydrogens is 354 g/mol. The molecule has 0 spiro atoms. The highest BCUT2D eigenvalue weighted by Crippen LogP contribution is 2.26. The van der Waals surface area contributed by atoms with E-state index < -0.39 is 0 Å². The van der Waals surface area contributed by atoms with Crippen molar-refractivity contribution >= 4 is 11.4 Å². The second-order valence-corrected chi connectivity index (χ2v) is 6.79. The van der Waals surface area contributed by atoms with Crippen LogP contribution in [0.4, 0.5) is 0 Å². The van der Waals surface area contributed by atoms with Crippen LogP contribution >= 0.6 is 0 Å². The number of hydrogen-bond donors (Lipinski definition) is 0. The summed E-state index contributed by atoms with van der Waals surface area (Å²) >= 11 is 0. The lowest BCUT2D eigenvalue weighted by Crippen LogP contribution is -2.35. The van der Waals surface area contributed by atoms with Crippen molar-refractivity contribution in [3.8, 4) is 11.4 Å². The molecule has 140 valence electrons. The second kappa shape index (κ2) is 6.53. The highest BCUT2D eigenvalue weighted by Gasteiger charge is 2.27. The minimum Gasteiger partial charge on any atom is -0.494 e. The van der Waals surface area contributed by atoms with Crippen molar-refractivity contribution in [1.29, 1.82) is 0 Å². The fourth-order valence-electron chi connectivity index (χ4n) is 3.70. The minimum atomic E-state index is -0.0439. The van der Waals surface area contributed by atoms with Gasteiger partial charge < -0.3 is 9.64 Å². The monoisotopic (exact) mass is 373 g/mol. The summed E-state index contributed by atoms with van der Waals surface area (Å²) in [6.45, 7) is 1.16. The van der Waals surface area contributed by atoms with Crippen LogP contribution in [0.2, 0.25) is 0 Å². The minimum absolute atomic E-state index is 0.0439. The Hall–Kier alpha value is -3.61. The molecule has 0 aliphatic carbocycles. The molecule has 5 rings (SSSR count). The van der Waals surface area contributed by atoms with Crippen molar-refractivity contribution in [3.05, 3.63) is 77.9 Å². The standard InChI is InChI=1S/C21H19N5O2/c1-28-19-8-5-10-25-20(19)17(12-22-25)21(27)24-11-9-18-15(13-24)14-26(23-18)16-6-3-2-4-7-16/h2-8,10,12,14H,9,11,13H2,1H3. The van der Waals surface area contributed by atoms with E-state index in [1.165, 1.54) is 0 Å². The van der Waals surface area contributed by atoms with Crippen LogP contribution in [0.1, 0.15) is 21.6 Å². The van der Waals surface area contributed by atoms with E-state index in [9.17, 15) is 4.79 Å². The first-order chi connectivity index (χ1) is 13.7. The Morgan fingerprint density at radius 3 is 2.82 bits per heavy atom. The van der Waals surface area contributed by atoms with Crippen LogP contribution < -0.4 is 4.74 Å². The molecule has 0 atom stereocenters. The summed E-state index contributed by atoms with van der Waals surface area (Å²) in [4.78, 5) is 15.1. The molecule has 1 amide bonds. The number of carbonyl (C=O) groups is 1. The number of rotatable bonds is 3. The van der Waals surface area contributed by atoms with Crippen LogP contribution in [0.25, 0.3) is 11.2 Å². The summed E-state index contributed by atoms with van der Waals surface area (Å²) in [5.41, 5.74) is 4.39. The average Bonchev–Trinajstić information content (AvgIpc) is 3.37. The van der Waals surface area contributed by atoms with E-state index in [4.69, 9.17) is 9.84 Å². The zero-order valence-electron chi connectivity index (χ0n) is 15.4. The Kier molecular flexibility index (Phi) is 3.86. The van der Waals surface area contributed by atoms with E-state index >= 15 is 0 Å². The molecule has 0 fully saturated rings. The van der Waals surface area contributed by atoms with Crippen molar-refractivity contribution in [3.63, 3.8) is 0 Å². The molecule has 0 saturated heterocycles. The zero-order valence-corrected chi connectivity index (χ0v) is 15.4. The highest BCUT2D eigenvalue weighted by molar-refractivity contribution is 6.02. The van der Waals surface area contributed by atoms with Gasteiger partial charge in [0.2, 0.25) is 0 Å². The van der Waals surface area contributed by atoms with E-state index in [2.05, 4.69) is 5.10 Å². The number of carbonyl (C=O) groups excluding carboxylic acids is 1. The topological polar surface area (TPSA) is 64.7 Å². The van der Waals surface area contributed by atoms with Gasteiger partial charge in [0.15, 0.2) is 0 Å². The Bertz CT molecular complexity index is 1160. The molecule has 4 heterocycles. The van der Waals surface area contributed by atoms with Crippen LogP contribution in [0, 0.1) is 0 Å². The third kappa shape index (κ3) is 2.63. The molecule has 1 aliphatic rings. The molecule has 0 saturated carbocycles. The van der Waals surface area contributed by atoms with E-state index in [1.54, 1.807) is 17.8 Å². The lowest BCUT2D eigenvalue weighted by atomic mass is 10.1. The number of para-hydroxylation sites is 1. The first-order valence-corrected chi connectivity index (χ1v) is 9.17. The Morgan fingerprint density at radius 2 is 2.00 bits per heavy atom. The Labute approximate surface area is 161 Å². The summed E-state index contributed by atoms with van der Waals surface area (Å²) < 4.78 is 8.99. The van der Waals surface area contributed by atoms with Crippen LogP contribution in [-0.4, -0.2) is 43.9 Å². The van der Waals surface area contributed by atoms with E-state index in [0.717, 1.165) is 23.4 Å². The third-order valence-corrected chi connectivity index (χ3v) is 5.12. The average molecular weight is 373 g/mol. The predicted octanol–water partition coefficient (Wildman–Crippen LogP) is 2.73. The molecule has 28 heavy (non-hydrogen) atoms. The summed E-state index contributed by atoms with van der Waals surface area (Å²) in [5.74, 6) is 0.593. The lowest BCUT2D eigenvalue weighted by Gasteiger charge is -2.26. The van der Waals surface area contributed by atoms with Gasteiger partial charge in [0.1, 0.15) is 11.3 Å². The molecule has 7 heteroatoms. The van der Waals surface area contributed by atoms with Gasteiger partial charge in [-0.15, -0.1) is 0 Å². The van der Waals surface area contributed by atoms with Crippen molar-refractivity contribution < 1.29 is 9.53 Å². The maximum absolute atomic E-state index is 13.2. The van der Waals surface area contributed by atoms with Gasteiger partial charge in [-0.3, -0.25) is 4.79 Å². The van der Waals surface area contributed by atoms with E-state index in [-0.39, 0.29) is 5.91 Å². The van der Waals surface area contributed by atoms with Gasteiger partial charge in [0.05, 0.1) is 30.3 Å². The summed E-state index contributed by atoms with van der Waals surface area (Å²) in [6.07, 6.45) is 6.17. The van der Waals surface area contributed by atoms with Gasteiger partial charge >= 0.3 is 0 Å². The van der Waals surface area contributed by atoms with Crippen LogP contribution in [-0.2, 0) is 13.0 Å². The fraction of sp³-hybridized carbons (Fsp3) is 0.190. The third-order valence-electron chi connectivity index (χ3n) is 5.12. The zero-order chi connectivity index (χ0) is 19.1. The molecule has 0 bridgehead atoms. The number of fused-ring (bicyclic) bond motifs is 2. The van der Waals surface area contributed by atoms with Gasteiger partial charge in [-0.2, -0.15) is 10.2 Å². The van der Waals surface area contributed by atoms with Crippen molar-refractivity contribution in [2.75, 3.05) is 13.7 Å². The first kappa shape index (κ1) is 16.6. The molecule has 7 nitrogen and oxygen atoms in total. The van der Waals surface area contributed by atoms with Crippen molar-refractivity contribution in [1.82, 2.24) is 24.3 Å². The van der Waals surface area contributed by atoms with Crippen LogP contribution in [0.3, 0.4) is 0 Å². The molecule has 0 radical (unpaired) electrons. The molecule has 0 N–H and O–H groups in total. The largest absolute Gasteiger partial charge is 0.494 e. The molecule has 1 aliphatic heterocycles. The number of methoxy groups -OCH3 is 1. The van der Waals surface area contributed by atoms with Gasteiger partial charge in [-0.25, -0.2) is 9.20 Å². The van der Waals surface area contributed by atoms with Crippen LogP contribution in [0.15, 0.2) is 61.1 Å². The number of amides is 1. The molecule has 1 aromatic carbocycles. The highest BCUT2D eigenvalue weighted by atomic mass is 16.5. The smallest absolute Gasteiger partial charge is 0.258 e. The number of aromatic nitrogens is 4. The molecule has 0 unspecified atom stereocenters. The quantitative estimate of drug-likeness (QED) is 0.554. The van der Waals surface area contributed by atoms with Gasteiger partial charge in [0, 0.05) is 37.5 Å². The summed E-state index contributed by atoms with van der Waals surface area (Å²) in [7, 11) is 1.60. The fourth-order valence-corrected chi connectivity index (χ4v) is 3.70. The SMILES string of the molecule is COc1cccn2ncc(C(=O)N3CCc4nn(-c5ccccc5)cc4C3)c12. The number of pyridine rings is 1. The van der Waals surface area contributed by atoms with E-state index in [0.29, 0.717) is 29.9 Å². The predicted molar refractivity (Wildman–Crippen MR) is 104 cm³/mol. The van der Waals surface area contributed by atoms with Crippen molar-refractivity contribution in [2.24, 2.45) is 0 Å². The number of hydrogen-bond acceptors (Lipinski definition) is 4. The van der Waals surface area contributed by atoms with Gasteiger partial charge in [-0.1, -0.05) is 18.2 Å². The van der Waals surface area contributed by atoms with Crippen molar-refractivity contribution in [2.45, 2.75) is 13.0 Å². The summed E-state index contributed by atoms with van der Waals surface area (Å²) in [5, 5.41) is 9.00. The molecular formula is C21H19N5O2. The Balaban J connectivity index is 1.45. The second-order valence-electron chi connectivity index (χ2n) is 6.79. The van der Waals surface area contributed by atoms with Gasteiger partial charge in [-0.05, 0) is 24.3 Å². The Morgan fingerprint density at radius 1 is 1.14 bits per heavy atom. The van der Waals surface area contributed by atoms with E-state index in [1.807, 2.05) is 64.4 Å². The normalized spacial score (nSPS) is 13.5.